The van der Waals surface area contributed by atoms with Crippen molar-refractivity contribution in [1.29, 1.82) is 0 Å². The Bertz CT molecular complexity index is 785. The minimum absolute atomic E-state index is 0.0723. The molecule has 2 aromatic carbocycles. The molecule has 0 unspecified atom stereocenters. The van der Waals surface area contributed by atoms with Crippen molar-refractivity contribution in [3.8, 4) is 0 Å². The summed E-state index contributed by atoms with van der Waals surface area (Å²) in [5.74, 6) is 0. The van der Waals surface area contributed by atoms with E-state index in [1.54, 1.807) is 7.11 Å². The summed E-state index contributed by atoms with van der Waals surface area (Å²) < 4.78 is 24.0. The van der Waals surface area contributed by atoms with Crippen LogP contribution in [0, 0.1) is 0 Å². The van der Waals surface area contributed by atoms with E-state index in [1.165, 1.54) is 11.1 Å². The van der Waals surface area contributed by atoms with Crippen molar-refractivity contribution in [2.75, 3.05) is 13.7 Å². The maximum absolute atomic E-state index is 6.26. The zero-order chi connectivity index (χ0) is 21.0. The number of rotatable bonds is 10. The van der Waals surface area contributed by atoms with Gasteiger partial charge in [0.1, 0.15) is 6.10 Å². The monoisotopic (exact) mass is 408 g/mol. The van der Waals surface area contributed by atoms with Gasteiger partial charge in [-0.1, -0.05) is 78.9 Å². The van der Waals surface area contributed by atoms with Crippen LogP contribution in [0.4, 0.5) is 0 Å². The first kappa shape index (κ1) is 22.4. The molecule has 160 valence electrons. The highest BCUT2D eigenvalue weighted by atomic mass is 16.7. The zero-order valence-electron chi connectivity index (χ0n) is 17.9. The summed E-state index contributed by atoms with van der Waals surface area (Å²) in [5, 5.41) is 0. The van der Waals surface area contributed by atoms with Crippen molar-refractivity contribution < 1.29 is 18.9 Å². The van der Waals surface area contributed by atoms with Crippen LogP contribution in [0.5, 0.6) is 0 Å². The van der Waals surface area contributed by atoms with Gasteiger partial charge in [0.2, 0.25) is 0 Å². The van der Waals surface area contributed by atoms with Crippen molar-refractivity contribution in [2.24, 2.45) is 0 Å². The van der Waals surface area contributed by atoms with E-state index in [9.17, 15) is 0 Å². The Kier molecular flexibility index (Phi) is 9.32. The second-order valence-electron chi connectivity index (χ2n) is 7.37. The molecule has 1 fully saturated rings. The number of benzene rings is 2. The largest absolute Gasteiger partial charge is 0.373 e. The molecule has 2 aromatic rings. The molecule has 3 atom stereocenters. The predicted molar refractivity (Wildman–Crippen MR) is 119 cm³/mol. The Hall–Kier alpha value is -2.24. The molecule has 0 N–H and O–H groups in total. The van der Waals surface area contributed by atoms with Crippen LogP contribution in [0.1, 0.15) is 30.9 Å². The minimum Gasteiger partial charge on any atom is -0.373 e. The van der Waals surface area contributed by atoms with E-state index >= 15 is 0 Å². The lowest BCUT2D eigenvalue weighted by Gasteiger charge is -2.37. The molecule has 1 heterocycles. The molecule has 0 saturated carbocycles. The fourth-order valence-electron chi connectivity index (χ4n) is 3.53. The van der Waals surface area contributed by atoms with Crippen LogP contribution in [-0.4, -0.2) is 32.2 Å². The average Bonchev–Trinajstić information content (AvgIpc) is 2.80. The first-order valence-electron chi connectivity index (χ1n) is 10.6. The van der Waals surface area contributed by atoms with Gasteiger partial charge in [0.05, 0.1) is 25.9 Å². The molecular formula is C26H32O4. The number of allylic oxidation sites excluding steroid dienone is 1. The van der Waals surface area contributed by atoms with E-state index in [-0.39, 0.29) is 12.2 Å². The van der Waals surface area contributed by atoms with E-state index in [2.05, 4.69) is 42.5 Å². The van der Waals surface area contributed by atoms with Crippen LogP contribution >= 0.6 is 0 Å². The zero-order valence-corrected chi connectivity index (χ0v) is 17.9. The van der Waals surface area contributed by atoms with E-state index in [0.29, 0.717) is 19.8 Å². The molecule has 1 saturated heterocycles. The van der Waals surface area contributed by atoms with Crippen molar-refractivity contribution >= 4 is 0 Å². The van der Waals surface area contributed by atoms with Gasteiger partial charge in [-0.2, -0.15) is 0 Å². The van der Waals surface area contributed by atoms with Gasteiger partial charge in [0, 0.05) is 7.11 Å². The Morgan fingerprint density at radius 2 is 1.63 bits per heavy atom. The summed E-state index contributed by atoms with van der Waals surface area (Å²) in [6, 6.07) is 20.4. The molecule has 0 spiro atoms. The van der Waals surface area contributed by atoms with Crippen LogP contribution in [0.15, 0.2) is 84.5 Å². The molecule has 0 aromatic heterocycles. The Morgan fingerprint density at radius 3 is 2.27 bits per heavy atom. The minimum atomic E-state index is -0.432. The normalized spacial score (nSPS) is 23.3. The average molecular weight is 409 g/mol. The molecule has 0 amide bonds. The lowest BCUT2D eigenvalue weighted by atomic mass is 9.96. The smallest absolute Gasteiger partial charge is 0.187 e. The van der Waals surface area contributed by atoms with Gasteiger partial charge >= 0.3 is 0 Å². The fraction of sp³-hybridized carbons (Fsp3) is 0.385. The molecule has 4 heteroatoms. The van der Waals surface area contributed by atoms with Crippen molar-refractivity contribution in [3.05, 3.63) is 95.6 Å². The molecule has 3 rings (SSSR count). The van der Waals surface area contributed by atoms with Gasteiger partial charge in [-0.05, 0) is 36.5 Å². The molecule has 1 aliphatic heterocycles. The summed E-state index contributed by atoms with van der Waals surface area (Å²) >= 11 is 0. The van der Waals surface area contributed by atoms with Crippen LogP contribution in [0.2, 0.25) is 0 Å². The fourth-order valence-corrected chi connectivity index (χ4v) is 3.53. The summed E-state index contributed by atoms with van der Waals surface area (Å²) in [5.41, 5.74) is 3.47. The van der Waals surface area contributed by atoms with Crippen LogP contribution in [0.25, 0.3) is 0 Å². The van der Waals surface area contributed by atoms with Gasteiger partial charge in [-0.25, -0.2) is 0 Å². The second kappa shape index (κ2) is 12.5. The molecule has 1 aliphatic rings. The van der Waals surface area contributed by atoms with Gasteiger partial charge in [-0.15, -0.1) is 0 Å². The number of hydrogen-bond acceptors (Lipinski definition) is 4. The third-order valence-electron chi connectivity index (χ3n) is 5.12. The summed E-state index contributed by atoms with van der Waals surface area (Å²) in [4.78, 5) is 0. The lowest BCUT2D eigenvalue weighted by molar-refractivity contribution is -0.224. The van der Waals surface area contributed by atoms with Crippen LogP contribution < -0.4 is 0 Å². The molecule has 4 nitrogen and oxygen atoms in total. The maximum Gasteiger partial charge on any atom is 0.187 e. The standard InChI is InChI=1S/C26H32O4/c1-3-4-15-24-18-23(16-17-28-19-21-11-7-5-8-12-21)25(26(27-2)30-24)29-20-22-13-9-6-10-14-22/h3-14,16,24-26H,15,17-20H2,1-2H3/b4-3+,23-16+/t24-,25+,26+/m1/s1. The summed E-state index contributed by atoms with van der Waals surface area (Å²) in [6.07, 6.45) is 7.36. The SMILES string of the molecule is C/C=C/C[C@@H]1C/C(=C\COCc2ccccc2)[C@H](OCc2ccccc2)[C@@H](OC)O1. The van der Waals surface area contributed by atoms with Crippen LogP contribution in [0.3, 0.4) is 0 Å². The van der Waals surface area contributed by atoms with E-state index in [4.69, 9.17) is 18.9 Å². The highest BCUT2D eigenvalue weighted by Gasteiger charge is 2.35. The highest BCUT2D eigenvalue weighted by molar-refractivity contribution is 5.17. The lowest BCUT2D eigenvalue weighted by Crippen LogP contribution is -2.43. The van der Waals surface area contributed by atoms with Crippen molar-refractivity contribution in [1.82, 2.24) is 0 Å². The third-order valence-corrected chi connectivity index (χ3v) is 5.12. The van der Waals surface area contributed by atoms with Crippen LogP contribution in [-0.2, 0) is 32.2 Å². The quantitative estimate of drug-likeness (QED) is 0.387. The van der Waals surface area contributed by atoms with Gasteiger partial charge in [0.15, 0.2) is 6.29 Å². The van der Waals surface area contributed by atoms with Crippen molar-refractivity contribution in [3.63, 3.8) is 0 Å². The number of methoxy groups -OCH3 is 1. The van der Waals surface area contributed by atoms with Gasteiger partial charge in [0.25, 0.3) is 0 Å². The topological polar surface area (TPSA) is 36.9 Å². The van der Waals surface area contributed by atoms with E-state index in [0.717, 1.165) is 18.4 Å². The second-order valence-corrected chi connectivity index (χ2v) is 7.37. The Morgan fingerprint density at radius 1 is 0.967 bits per heavy atom. The molecular weight excluding hydrogens is 376 g/mol. The summed E-state index contributed by atoms with van der Waals surface area (Å²) in [7, 11) is 1.67. The Balaban J connectivity index is 1.66. The maximum atomic E-state index is 6.26. The Labute approximate surface area is 180 Å². The molecule has 0 bridgehead atoms. The van der Waals surface area contributed by atoms with Gasteiger partial charge in [-0.3, -0.25) is 0 Å². The highest BCUT2D eigenvalue weighted by Crippen LogP contribution is 2.30. The van der Waals surface area contributed by atoms with Gasteiger partial charge < -0.3 is 18.9 Å². The first-order valence-corrected chi connectivity index (χ1v) is 10.6. The summed E-state index contributed by atoms with van der Waals surface area (Å²) in [6.45, 7) is 3.65. The molecule has 30 heavy (non-hydrogen) atoms. The first-order chi connectivity index (χ1) is 14.8. The third kappa shape index (κ3) is 6.92. The van der Waals surface area contributed by atoms with E-state index < -0.39 is 6.29 Å². The van der Waals surface area contributed by atoms with Crippen molar-refractivity contribution in [2.45, 2.75) is 51.5 Å². The number of ether oxygens (including phenoxy) is 4. The van der Waals surface area contributed by atoms with E-state index in [1.807, 2.05) is 43.3 Å². The molecule has 0 radical (unpaired) electrons. The molecule has 0 aliphatic carbocycles. The number of hydrogen-bond donors (Lipinski definition) is 0. The predicted octanol–water partition coefficient (Wildman–Crippen LogP) is 5.44.